The maximum atomic E-state index is 12.9. The minimum atomic E-state index is -4.20. The number of ether oxygens (including phenoxy) is 2. The first-order valence-electron chi connectivity index (χ1n) is 8.20. The van der Waals surface area contributed by atoms with Crippen LogP contribution in [0.15, 0.2) is 29.2 Å². The summed E-state index contributed by atoms with van der Waals surface area (Å²) in [4.78, 5) is 37.6. The fraction of sp³-hybridized carbons (Fsp3) is 0.471. The van der Waals surface area contributed by atoms with Crippen molar-refractivity contribution in [1.29, 1.82) is 0 Å². The molecule has 0 spiro atoms. The molecule has 0 N–H and O–H groups in total. The molecule has 0 unspecified atom stereocenters. The van der Waals surface area contributed by atoms with Crippen molar-refractivity contribution < 1.29 is 32.3 Å². The average molecular weight is 383 g/mol. The van der Waals surface area contributed by atoms with Crippen molar-refractivity contribution in [3.8, 4) is 0 Å². The largest absolute Gasteiger partial charge is 0.465 e. The van der Waals surface area contributed by atoms with E-state index in [-0.39, 0.29) is 31.1 Å². The third-order valence-electron chi connectivity index (χ3n) is 4.14. The van der Waals surface area contributed by atoms with E-state index in [1.54, 1.807) is 19.1 Å². The van der Waals surface area contributed by atoms with Crippen molar-refractivity contribution in [2.45, 2.75) is 32.1 Å². The standard InChI is InChI=1S/C17H21NO7S/c1-4-24-15(20)17(16(21)25-5-2)10-11-18(14(17)19)26(22,23)13-8-6-12(3)7-9-13/h6-9H,4-5,10-11H2,1-3H3. The van der Waals surface area contributed by atoms with Gasteiger partial charge >= 0.3 is 11.9 Å². The van der Waals surface area contributed by atoms with Gasteiger partial charge in [0, 0.05) is 13.0 Å². The molecule has 0 aromatic heterocycles. The van der Waals surface area contributed by atoms with Gasteiger partial charge in [0.05, 0.1) is 18.1 Å². The number of hydrogen-bond donors (Lipinski definition) is 0. The first-order chi connectivity index (χ1) is 12.2. The molecule has 26 heavy (non-hydrogen) atoms. The molecule has 1 saturated heterocycles. The molecule has 8 nitrogen and oxygen atoms in total. The zero-order valence-electron chi connectivity index (χ0n) is 14.9. The first kappa shape index (κ1) is 19.9. The van der Waals surface area contributed by atoms with Gasteiger partial charge in [0.25, 0.3) is 15.9 Å². The maximum absolute atomic E-state index is 12.9. The quantitative estimate of drug-likeness (QED) is 0.533. The Morgan fingerprint density at radius 1 is 1.08 bits per heavy atom. The van der Waals surface area contributed by atoms with Gasteiger partial charge in [-0.15, -0.1) is 0 Å². The van der Waals surface area contributed by atoms with E-state index in [0.717, 1.165) is 5.56 Å². The summed E-state index contributed by atoms with van der Waals surface area (Å²) in [7, 11) is -4.20. The number of nitrogens with zero attached hydrogens (tertiary/aromatic N) is 1. The molecule has 0 aliphatic carbocycles. The summed E-state index contributed by atoms with van der Waals surface area (Å²) in [6.07, 6.45) is -0.325. The Morgan fingerprint density at radius 3 is 2.04 bits per heavy atom. The number of carbonyl (C=O) groups is 3. The predicted molar refractivity (Wildman–Crippen MR) is 90.4 cm³/mol. The molecule has 1 aromatic rings. The van der Waals surface area contributed by atoms with Gasteiger partial charge in [0.2, 0.25) is 5.41 Å². The van der Waals surface area contributed by atoms with Crippen molar-refractivity contribution >= 4 is 27.9 Å². The van der Waals surface area contributed by atoms with E-state index in [1.807, 2.05) is 0 Å². The zero-order valence-corrected chi connectivity index (χ0v) is 15.7. The van der Waals surface area contributed by atoms with Crippen LogP contribution in [0.5, 0.6) is 0 Å². The lowest BCUT2D eigenvalue weighted by atomic mass is 9.86. The van der Waals surface area contributed by atoms with Crippen LogP contribution in [0.3, 0.4) is 0 Å². The number of rotatable bonds is 6. The summed E-state index contributed by atoms with van der Waals surface area (Å²) in [6, 6.07) is 5.92. The highest BCUT2D eigenvalue weighted by molar-refractivity contribution is 7.89. The fourth-order valence-electron chi connectivity index (χ4n) is 2.73. The summed E-state index contributed by atoms with van der Waals surface area (Å²) in [6.45, 7) is 4.42. The van der Waals surface area contributed by atoms with Crippen molar-refractivity contribution in [2.75, 3.05) is 19.8 Å². The smallest absolute Gasteiger partial charge is 0.333 e. The molecule has 142 valence electrons. The van der Waals surface area contributed by atoms with E-state index in [1.165, 1.54) is 26.0 Å². The van der Waals surface area contributed by atoms with Crippen LogP contribution in [-0.2, 0) is 33.9 Å². The highest BCUT2D eigenvalue weighted by atomic mass is 32.2. The SMILES string of the molecule is CCOC(=O)C1(C(=O)OCC)CCN(S(=O)(=O)c2ccc(C)cc2)C1=O. The molecule has 1 fully saturated rings. The van der Waals surface area contributed by atoms with Crippen LogP contribution in [0.2, 0.25) is 0 Å². The van der Waals surface area contributed by atoms with Crippen LogP contribution in [0.4, 0.5) is 0 Å². The van der Waals surface area contributed by atoms with E-state index in [4.69, 9.17) is 9.47 Å². The highest BCUT2D eigenvalue weighted by Gasteiger charge is 2.63. The number of sulfonamides is 1. The summed E-state index contributed by atoms with van der Waals surface area (Å²) >= 11 is 0. The monoisotopic (exact) mass is 383 g/mol. The molecule has 0 bridgehead atoms. The van der Waals surface area contributed by atoms with Gasteiger partial charge in [-0.2, -0.15) is 0 Å². The van der Waals surface area contributed by atoms with Crippen LogP contribution in [0.1, 0.15) is 25.8 Å². The Labute approximate surface area is 152 Å². The molecule has 2 rings (SSSR count). The van der Waals surface area contributed by atoms with Gasteiger partial charge in [0.1, 0.15) is 0 Å². The molecule has 1 aliphatic rings. The Balaban J connectivity index is 2.45. The van der Waals surface area contributed by atoms with Gasteiger partial charge in [-0.25, -0.2) is 12.7 Å². The molecular formula is C17H21NO7S. The Hall–Kier alpha value is -2.42. The predicted octanol–water partition coefficient (Wildman–Crippen LogP) is 1.03. The van der Waals surface area contributed by atoms with Gasteiger partial charge in [0.15, 0.2) is 0 Å². The minimum absolute atomic E-state index is 0.0576. The lowest BCUT2D eigenvalue weighted by Crippen LogP contribution is -2.49. The Bertz CT molecular complexity index is 796. The molecular weight excluding hydrogens is 362 g/mol. The lowest BCUT2D eigenvalue weighted by molar-refractivity contribution is -0.174. The van der Waals surface area contributed by atoms with Gasteiger partial charge in [-0.05, 0) is 32.9 Å². The van der Waals surface area contributed by atoms with E-state index in [0.29, 0.717) is 4.31 Å². The molecule has 1 aromatic carbocycles. The third kappa shape index (κ3) is 3.18. The van der Waals surface area contributed by atoms with Gasteiger partial charge in [-0.1, -0.05) is 17.7 Å². The number of amides is 1. The topological polar surface area (TPSA) is 107 Å². The summed E-state index contributed by atoms with van der Waals surface area (Å²) in [5.74, 6) is -3.33. The van der Waals surface area contributed by atoms with E-state index >= 15 is 0 Å². The van der Waals surface area contributed by atoms with E-state index in [2.05, 4.69) is 0 Å². The molecule has 0 atom stereocenters. The van der Waals surface area contributed by atoms with Crippen LogP contribution < -0.4 is 0 Å². The third-order valence-corrected chi connectivity index (χ3v) is 5.93. The second kappa shape index (κ2) is 7.45. The average Bonchev–Trinajstić information content (AvgIpc) is 2.95. The lowest BCUT2D eigenvalue weighted by Gasteiger charge is -2.23. The second-order valence-corrected chi connectivity index (χ2v) is 7.65. The number of benzene rings is 1. The number of aryl methyl sites for hydroxylation is 1. The van der Waals surface area contributed by atoms with Gasteiger partial charge in [-0.3, -0.25) is 14.4 Å². The molecule has 9 heteroatoms. The second-order valence-electron chi connectivity index (χ2n) is 5.79. The fourth-order valence-corrected chi connectivity index (χ4v) is 4.17. The van der Waals surface area contributed by atoms with Crippen LogP contribution in [0, 0.1) is 12.3 Å². The Kier molecular flexibility index (Phi) is 5.70. The Morgan fingerprint density at radius 2 is 1.58 bits per heavy atom. The van der Waals surface area contributed by atoms with Crippen molar-refractivity contribution in [3.63, 3.8) is 0 Å². The van der Waals surface area contributed by atoms with Crippen LogP contribution in [0.25, 0.3) is 0 Å². The summed E-state index contributed by atoms with van der Waals surface area (Å²) in [5, 5.41) is 0. The number of hydrogen-bond acceptors (Lipinski definition) is 7. The van der Waals surface area contributed by atoms with Gasteiger partial charge < -0.3 is 9.47 Å². The van der Waals surface area contributed by atoms with Crippen molar-refractivity contribution in [2.24, 2.45) is 5.41 Å². The van der Waals surface area contributed by atoms with E-state index < -0.39 is 33.3 Å². The van der Waals surface area contributed by atoms with Crippen LogP contribution >= 0.6 is 0 Å². The molecule has 1 amide bonds. The number of carbonyl (C=O) groups excluding carboxylic acids is 3. The van der Waals surface area contributed by atoms with Crippen molar-refractivity contribution in [3.05, 3.63) is 29.8 Å². The molecule has 0 saturated carbocycles. The zero-order chi connectivity index (χ0) is 19.5. The minimum Gasteiger partial charge on any atom is -0.465 e. The van der Waals surface area contributed by atoms with E-state index in [9.17, 15) is 22.8 Å². The molecule has 1 heterocycles. The normalized spacial score (nSPS) is 16.4. The molecule has 1 aliphatic heterocycles. The highest BCUT2D eigenvalue weighted by Crippen LogP contribution is 2.38. The first-order valence-corrected chi connectivity index (χ1v) is 9.64. The maximum Gasteiger partial charge on any atom is 0.333 e. The summed E-state index contributed by atoms with van der Waals surface area (Å²) in [5.41, 5.74) is -1.44. The molecule has 0 radical (unpaired) electrons. The van der Waals surface area contributed by atoms with Crippen molar-refractivity contribution in [1.82, 2.24) is 4.31 Å². The summed E-state index contributed by atoms with van der Waals surface area (Å²) < 4.78 is 35.9. The number of esters is 2. The van der Waals surface area contributed by atoms with Crippen LogP contribution in [-0.4, -0.2) is 50.3 Å².